The fraction of sp³-hybridized carbons (Fsp3) is 0.455. The number of nitrogens with one attached hydrogen (secondary N) is 1. The van der Waals surface area contributed by atoms with E-state index in [0.29, 0.717) is 10.9 Å². The third-order valence-electron chi connectivity index (χ3n) is 2.85. The largest absolute Gasteiger partial charge is 0.242 e. The summed E-state index contributed by atoms with van der Waals surface area (Å²) in [7, 11) is -3.58. The van der Waals surface area contributed by atoms with Crippen molar-refractivity contribution in [1.82, 2.24) is 4.72 Å². The van der Waals surface area contributed by atoms with Gasteiger partial charge >= 0.3 is 0 Å². The number of halogens is 2. The number of benzene rings is 1. The van der Waals surface area contributed by atoms with Crippen molar-refractivity contribution in [3.63, 3.8) is 0 Å². The highest BCUT2D eigenvalue weighted by Crippen LogP contribution is 2.33. The van der Waals surface area contributed by atoms with E-state index in [9.17, 15) is 8.42 Å². The predicted molar refractivity (Wildman–Crippen MR) is 69.0 cm³/mol. The minimum atomic E-state index is -3.58. The van der Waals surface area contributed by atoms with Crippen LogP contribution >= 0.6 is 23.2 Å². The molecule has 0 unspecified atom stereocenters. The monoisotopic (exact) mass is 293 g/mol. The summed E-state index contributed by atoms with van der Waals surface area (Å²) in [6.45, 7) is 1.87. The molecule has 17 heavy (non-hydrogen) atoms. The van der Waals surface area contributed by atoms with E-state index in [1.807, 2.05) is 6.92 Å². The van der Waals surface area contributed by atoms with Crippen LogP contribution < -0.4 is 4.72 Å². The molecule has 0 aliphatic heterocycles. The van der Waals surface area contributed by atoms with Gasteiger partial charge in [-0.25, -0.2) is 13.1 Å². The highest BCUT2D eigenvalue weighted by molar-refractivity contribution is 7.89. The summed E-state index contributed by atoms with van der Waals surface area (Å²) in [5, 5.41) is 0.541. The van der Waals surface area contributed by atoms with Crippen molar-refractivity contribution in [3.05, 3.63) is 28.2 Å². The summed E-state index contributed by atoms with van der Waals surface area (Å²) in [6, 6.07) is 4.36. The molecule has 1 fully saturated rings. The van der Waals surface area contributed by atoms with Crippen LogP contribution in [0.5, 0.6) is 0 Å². The van der Waals surface area contributed by atoms with Gasteiger partial charge in [0.1, 0.15) is 4.90 Å². The Bertz CT molecular complexity index is 526. The van der Waals surface area contributed by atoms with E-state index >= 15 is 0 Å². The Kier molecular flexibility index (Phi) is 3.69. The van der Waals surface area contributed by atoms with Gasteiger partial charge in [-0.1, -0.05) is 23.2 Å². The van der Waals surface area contributed by atoms with Gasteiger partial charge in [-0.2, -0.15) is 0 Å². The van der Waals surface area contributed by atoms with E-state index in [4.69, 9.17) is 23.2 Å². The molecule has 1 saturated carbocycles. The molecule has 0 bridgehead atoms. The third kappa shape index (κ3) is 3.13. The summed E-state index contributed by atoms with van der Waals surface area (Å²) >= 11 is 11.7. The van der Waals surface area contributed by atoms with Crippen LogP contribution in [0.1, 0.15) is 19.8 Å². The minimum absolute atomic E-state index is 0.0409. The molecule has 2 rings (SSSR count). The van der Waals surface area contributed by atoms with Gasteiger partial charge in [0, 0.05) is 11.1 Å². The molecule has 6 heteroatoms. The van der Waals surface area contributed by atoms with Gasteiger partial charge in [-0.05, 0) is 43.9 Å². The molecule has 0 amide bonds. The van der Waals surface area contributed by atoms with E-state index in [0.717, 1.165) is 12.8 Å². The molecule has 1 aromatic carbocycles. The second-order valence-corrected chi connectivity index (χ2v) is 6.85. The number of sulfonamides is 1. The second-order valence-electron chi connectivity index (χ2n) is 4.32. The first kappa shape index (κ1) is 13.1. The van der Waals surface area contributed by atoms with E-state index in [1.54, 1.807) is 6.07 Å². The van der Waals surface area contributed by atoms with Crippen LogP contribution in [0.25, 0.3) is 0 Å². The van der Waals surface area contributed by atoms with Gasteiger partial charge < -0.3 is 0 Å². The van der Waals surface area contributed by atoms with Crippen LogP contribution in [0.4, 0.5) is 0 Å². The second kappa shape index (κ2) is 4.76. The molecule has 94 valence electrons. The van der Waals surface area contributed by atoms with Crippen LogP contribution in [-0.2, 0) is 10.0 Å². The molecule has 1 atom stereocenters. The minimum Gasteiger partial charge on any atom is -0.208 e. The first-order chi connectivity index (χ1) is 7.90. The zero-order valence-corrected chi connectivity index (χ0v) is 11.6. The smallest absolute Gasteiger partial charge is 0.208 e. The van der Waals surface area contributed by atoms with E-state index in [1.165, 1.54) is 12.1 Å². The summed E-state index contributed by atoms with van der Waals surface area (Å²) in [5.74, 6) is 0.447. The number of hydrogen-bond acceptors (Lipinski definition) is 2. The van der Waals surface area contributed by atoms with Crippen molar-refractivity contribution < 1.29 is 8.42 Å². The maximum atomic E-state index is 12.1. The van der Waals surface area contributed by atoms with Gasteiger partial charge in [0.15, 0.2) is 0 Å². The first-order valence-corrected chi connectivity index (χ1v) is 7.61. The molecular formula is C11H13Cl2NO2S. The number of rotatable bonds is 4. The lowest BCUT2D eigenvalue weighted by atomic mass is 10.2. The lowest BCUT2D eigenvalue weighted by molar-refractivity contribution is 0.538. The van der Waals surface area contributed by atoms with Crippen molar-refractivity contribution in [3.8, 4) is 0 Å². The van der Waals surface area contributed by atoms with Crippen molar-refractivity contribution >= 4 is 33.2 Å². The average Bonchev–Trinajstić information content (AvgIpc) is 3.04. The van der Waals surface area contributed by atoms with Crippen LogP contribution in [0, 0.1) is 5.92 Å². The SMILES string of the molecule is C[C@H](NS(=O)(=O)c1cc(Cl)ccc1Cl)C1CC1. The fourth-order valence-corrected chi connectivity index (χ4v) is 3.76. The van der Waals surface area contributed by atoms with Gasteiger partial charge in [0.05, 0.1) is 5.02 Å². The zero-order valence-electron chi connectivity index (χ0n) is 9.28. The van der Waals surface area contributed by atoms with Crippen LogP contribution in [-0.4, -0.2) is 14.5 Å². The molecule has 0 radical (unpaired) electrons. The lowest BCUT2D eigenvalue weighted by Crippen LogP contribution is -2.34. The highest BCUT2D eigenvalue weighted by atomic mass is 35.5. The highest BCUT2D eigenvalue weighted by Gasteiger charge is 2.31. The first-order valence-electron chi connectivity index (χ1n) is 5.37. The number of hydrogen-bond donors (Lipinski definition) is 1. The Morgan fingerprint density at radius 2 is 2.00 bits per heavy atom. The molecule has 1 aliphatic carbocycles. The van der Waals surface area contributed by atoms with Gasteiger partial charge in [-0.15, -0.1) is 0 Å². The molecule has 1 aliphatic rings. The Labute approximate surface area is 111 Å². The molecule has 0 heterocycles. The zero-order chi connectivity index (χ0) is 12.6. The summed E-state index contributed by atoms with van der Waals surface area (Å²) in [5.41, 5.74) is 0. The lowest BCUT2D eigenvalue weighted by Gasteiger charge is -2.14. The fourth-order valence-electron chi connectivity index (χ4n) is 1.68. The standard InChI is InChI=1S/C11H13Cl2NO2S/c1-7(8-2-3-8)14-17(15,16)11-6-9(12)4-5-10(11)13/h4-8,14H,2-3H2,1H3/t7-/m0/s1. The van der Waals surface area contributed by atoms with E-state index in [2.05, 4.69) is 4.72 Å². The van der Waals surface area contributed by atoms with Crippen molar-refractivity contribution in [2.45, 2.75) is 30.7 Å². The van der Waals surface area contributed by atoms with Gasteiger partial charge in [0.25, 0.3) is 0 Å². The van der Waals surface area contributed by atoms with Crippen molar-refractivity contribution in [1.29, 1.82) is 0 Å². The van der Waals surface area contributed by atoms with Gasteiger partial charge in [-0.3, -0.25) is 0 Å². The predicted octanol–water partition coefficient (Wildman–Crippen LogP) is 3.07. The van der Waals surface area contributed by atoms with Crippen molar-refractivity contribution in [2.24, 2.45) is 5.92 Å². The van der Waals surface area contributed by atoms with Gasteiger partial charge in [0.2, 0.25) is 10.0 Å². The molecule has 3 nitrogen and oxygen atoms in total. The molecule has 1 N–H and O–H groups in total. The third-order valence-corrected chi connectivity index (χ3v) is 5.13. The molecule has 0 saturated heterocycles. The molecule has 1 aromatic rings. The summed E-state index contributed by atoms with van der Waals surface area (Å²) in [6.07, 6.45) is 2.15. The van der Waals surface area contributed by atoms with E-state index < -0.39 is 10.0 Å². The average molecular weight is 294 g/mol. The summed E-state index contributed by atoms with van der Waals surface area (Å²) in [4.78, 5) is 0.0409. The molecule has 0 aromatic heterocycles. The van der Waals surface area contributed by atoms with Crippen LogP contribution in [0.15, 0.2) is 23.1 Å². The normalized spacial score (nSPS) is 18.1. The van der Waals surface area contributed by atoms with Crippen LogP contribution in [0.2, 0.25) is 10.0 Å². The quantitative estimate of drug-likeness (QED) is 0.927. The maximum absolute atomic E-state index is 12.1. The van der Waals surface area contributed by atoms with Crippen LogP contribution in [0.3, 0.4) is 0 Å². The molecular weight excluding hydrogens is 281 g/mol. The molecule has 0 spiro atoms. The van der Waals surface area contributed by atoms with E-state index in [-0.39, 0.29) is 16.0 Å². The van der Waals surface area contributed by atoms with Crippen molar-refractivity contribution in [2.75, 3.05) is 0 Å². The Balaban J connectivity index is 2.27. The Hall–Kier alpha value is -0.290. The maximum Gasteiger partial charge on any atom is 0.242 e. The Morgan fingerprint density at radius 1 is 1.35 bits per heavy atom. The summed E-state index contributed by atoms with van der Waals surface area (Å²) < 4.78 is 26.8. The topological polar surface area (TPSA) is 46.2 Å². The Morgan fingerprint density at radius 3 is 2.59 bits per heavy atom.